The number of aliphatic hydroxyl groups is 4. The molecule has 1 heterocycles. The molecule has 0 aromatic heterocycles. The molecule has 360 valence electrons. The molecular weight excluding hydrogens is 799 g/mol. The summed E-state index contributed by atoms with van der Waals surface area (Å²) in [5.41, 5.74) is 0. The van der Waals surface area contributed by atoms with E-state index in [1.54, 1.807) is 0 Å². The zero-order chi connectivity index (χ0) is 44.8. The smallest absolute Gasteiger partial charge is 0.394 e. The third-order valence-corrected chi connectivity index (χ3v) is 12.2. The van der Waals surface area contributed by atoms with Gasteiger partial charge in [-0.05, 0) is 44.9 Å². The quantitative estimate of drug-likeness (QED) is 0.0194. The molecular formula is C48H91NO11S. The number of rotatable bonds is 42. The van der Waals surface area contributed by atoms with Crippen LogP contribution in [0, 0.1) is 0 Å². The van der Waals surface area contributed by atoms with Crippen molar-refractivity contribution in [3.05, 3.63) is 24.3 Å². The lowest BCUT2D eigenvalue weighted by Crippen LogP contribution is -2.61. The highest BCUT2D eigenvalue weighted by molar-refractivity contribution is 7.80. The summed E-state index contributed by atoms with van der Waals surface area (Å²) in [6, 6.07) is -0.860. The van der Waals surface area contributed by atoms with Crippen LogP contribution in [0.1, 0.15) is 219 Å². The Labute approximate surface area is 372 Å². The predicted molar refractivity (Wildman–Crippen MR) is 245 cm³/mol. The zero-order valence-electron chi connectivity index (χ0n) is 38.5. The van der Waals surface area contributed by atoms with E-state index in [2.05, 4.69) is 47.7 Å². The number of hydrogen-bond acceptors (Lipinski definition) is 10. The molecule has 61 heavy (non-hydrogen) atoms. The minimum atomic E-state index is -5.08. The minimum absolute atomic E-state index is 0.238. The van der Waals surface area contributed by atoms with E-state index in [1.165, 1.54) is 128 Å². The highest BCUT2D eigenvalue weighted by Gasteiger charge is 2.48. The van der Waals surface area contributed by atoms with Gasteiger partial charge in [-0.15, -0.1) is 0 Å². The van der Waals surface area contributed by atoms with Crippen molar-refractivity contribution >= 4 is 16.3 Å². The first-order valence-corrected chi connectivity index (χ1v) is 26.1. The second-order valence-corrected chi connectivity index (χ2v) is 18.5. The lowest BCUT2D eigenvalue weighted by atomic mass is 9.99. The maximum absolute atomic E-state index is 13.1. The van der Waals surface area contributed by atoms with Crippen LogP contribution in [0.15, 0.2) is 24.3 Å². The van der Waals surface area contributed by atoms with Gasteiger partial charge in [-0.25, -0.2) is 4.18 Å². The van der Waals surface area contributed by atoms with E-state index in [1.807, 2.05) is 0 Å². The molecule has 1 saturated heterocycles. The summed E-state index contributed by atoms with van der Waals surface area (Å²) in [6.07, 6.45) is 36.1. The number of carbonyl (C=O) groups is 1. The van der Waals surface area contributed by atoms with Gasteiger partial charge < -0.3 is 35.2 Å². The number of carbonyl (C=O) groups excluding carboxylic acids is 1. The average molecular weight is 890 g/mol. The van der Waals surface area contributed by atoms with Crippen molar-refractivity contribution in [1.29, 1.82) is 0 Å². The van der Waals surface area contributed by atoms with Gasteiger partial charge in [0, 0.05) is 6.42 Å². The number of unbranched alkanes of at least 4 members (excludes halogenated alkanes) is 26. The van der Waals surface area contributed by atoms with Crippen LogP contribution < -0.4 is 5.32 Å². The summed E-state index contributed by atoms with van der Waals surface area (Å²) < 4.78 is 47.6. The van der Waals surface area contributed by atoms with Crippen LogP contribution in [0.4, 0.5) is 0 Å². The molecule has 0 bridgehead atoms. The van der Waals surface area contributed by atoms with Crippen molar-refractivity contribution in [2.45, 2.75) is 262 Å². The number of hydrogen-bond donors (Lipinski definition) is 6. The van der Waals surface area contributed by atoms with Crippen molar-refractivity contribution in [2.75, 3.05) is 13.2 Å². The maximum Gasteiger partial charge on any atom is 0.397 e. The maximum atomic E-state index is 13.1. The van der Waals surface area contributed by atoms with Gasteiger partial charge in [0.05, 0.1) is 25.4 Å². The third-order valence-electron chi connectivity index (χ3n) is 11.8. The van der Waals surface area contributed by atoms with E-state index in [0.29, 0.717) is 12.8 Å². The summed E-state index contributed by atoms with van der Waals surface area (Å²) in [4.78, 5) is 13.1. The number of allylic oxidation sites excluding steroid dienone is 4. The van der Waals surface area contributed by atoms with Gasteiger partial charge in [0.25, 0.3) is 0 Å². The van der Waals surface area contributed by atoms with Crippen LogP contribution in [-0.2, 0) is 28.9 Å². The Morgan fingerprint density at radius 3 is 1.56 bits per heavy atom. The number of ether oxygens (including phenoxy) is 2. The summed E-state index contributed by atoms with van der Waals surface area (Å²) in [6.45, 7) is 3.43. The number of nitrogens with one attached hydrogen (secondary N) is 1. The summed E-state index contributed by atoms with van der Waals surface area (Å²) in [7, 11) is -5.08. The largest absolute Gasteiger partial charge is 0.397 e. The Bertz CT molecular complexity index is 1190. The van der Waals surface area contributed by atoms with Crippen LogP contribution in [0.25, 0.3) is 0 Å². The van der Waals surface area contributed by atoms with Crippen molar-refractivity contribution in [3.8, 4) is 0 Å². The number of aliphatic hydroxyl groups excluding tert-OH is 4. The molecule has 1 rings (SSSR count). The SMILES string of the molecule is CCCCCCCCCCC/C=C\C/C=C\CCCCCCCCCC(=O)NC(COC1OC(CO)C(O)C(OS(=O)(=O)O)C1O)C(O)CCCCCCCCCCCCC. The highest BCUT2D eigenvalue weighted by atomic mass is 32.3. The molecule has 1 amide bonds. The fraction of sp³-hybridized carbons (Fsp3) is 0.896. The highest BCUT2D eigenvalue weighted by Crippen LogP contribution is 2.26. The van der Waals surface area contributed by atoms with E-state index in [9.17, 15) is 38.2 Å². The van der Waals surface area contributed by atoms with Crippen molar-refractivity contribution in [3.63, 3.8) is 0 Å². The van der Waals surface area contributed by atoms with Crippen LogP contribution in [0.3, 0.4) is 0 Å². The molecule has 1 aliphatic rings. The van der Waals surface area contributed by atoms with Gasteiger partial charge in [-0.2, -0.15) is 8.42 Å². The van der Waals surface area contributed by atoms with Gasteiger partial charge in [0.15, 0.2) is 6.29 Å². The van der Waals surface area contributed by atoms with E-state index in [-0.39, 0.29) is 18.9 Å². The van der Waals surface area contributed by atoms with Gasteiger partial charge in [-0.3, -0.25) is 9.35 Å². The molecule has 13 heteroatoms. The molecule has 0 radical (unpaired) electrons. The van der Waals surface area contributed by atoms with E-state index < -0.39 is 59.9 Å². The van der Waals surface area contributed by atoms with E-state index in [4.69, 9.17) is 9.47 Å². The van der Waals surface area contributed by atoms with Gasteiger partial charge in [-0.1, -0.05) is 192 Å². The molecule has 7 unspecified atom stereocenters. The second kappa shape index (κ2) is 39.0. The lowest BCUT2D eigenvalue weighted by molar-refractivity contribution is -0.298. The topological polar surface area (TPSA) is 192 Å². The normalized spacial score (nSPS) is 20.8. The summed E-state index contributed by atoms with van der Waals surface area (Å²) >= 11 is 0. The van der Waals surface area contributed by atoms with E-state index >= 15 is 0 Å². The Morgan fingerprint density at radius 1 is 0.656 bits per heavy atom. The molecule has 0 spiro atoms. The molecule has 0 saturated carbocycles. The zero-order valence-corrected chi connectivity index (χ0v) is 39.3. The van der Waals surface area contributed by atoms with Crippen LogP contribution in [-0.4, -0.2) is 95.4 Å². The molecule has 0 aromatic carbocycles. The van der Waals surface area contributed by atoms with E-state index in [0.717, 1.165) is 57.8 Å². The Morgan fingerprint density at radius 2 is 1.10 bits per heavy atom. The molecule has 6 N–H and O–H groups in total. The van der Waals surface area contributed by atoms with Crippen molar-refractivity contribution in [2.24, 2.45) is 0 Å². The van der Waals surface area contributed by atoms with Gasteiger partial charge in [0.2, 0.25) is 5.91 Å². The molecule has 12 nitrogen and oxygen atoms in total. The molecule has 0 aliphatic carbocycles. The molecule has 1 fully saturated rings. The first-order valence-electron chi connectivity index (χ1n) is 24.7. The molecule has 0 aromatic rings. The molecule has 1 aliphatic heterocycles. The van der Waals surface area contributed by atoms with Gasteiger partial charge >= 0.3 is 10.4 Å². The Balaban J connectivity index is 2.40. The average Bonchev–Trinajstić information content (AvgIpc) is 3.23. The van der Waals surface area contributed by atoms with Crippen molar-refractivity contribution < 1.29 is 51.8 Å². The standard InChI is InChI=1S/C48H91NO11S/c1-3-5-7-9-11-13-15-16-17-18-19-20-21-22-23-24-25-26-28-30-32-34-36-38-44(52)49-41(42(51)37-35-33-31-29-27-14-12-10-8-6-4-2)40-58-48-46(54)47(60-61(55,56)57)45(53)43(39-50)59-48/h19-20,22-23,41-43,45-48,50-51,53-54H,3-18,21,24-40H2,1-2H3,(H,49,52)(H,55,56,57)/b20-19-,23-22-. The Hall–Kier alpha value is -1.42. The van der Waals surface area contributed by atoms with Crippen LogP contribution >= 0.6 is 0 Å². The fourth-order valence-electron chi connectivity index (χ4n) is 7.90. The summed E-state index contributed by atoms with van der Waals surface area (Å²) in [5.74, 6) is -0.238. The third kappa shape index (κ3) is 32.0. The van der Waals surface area contributed by atoms with Crippen LogP contribution in [0.5, 0.6) is 0 Å². The Kier molecular flexibility index (Phi) is 36.8. The minimum Gasteiger partial charge on any atom is -0.394 e. The van der Waals surface area contributed by atoms with Crippen LogP contribution in [0.2, 0.25) is 0 Å². The first kappa shape index (κ1) is 57.6. The summed E-state index contributed by atoms with van der Waals surface area (Å²) in [5, 5.41) is 44.8. The monoisotopic (exact) mass is 890 g/mol. The number of amides is 1. The van der Waals surface area contributed by atoms with Crippen molar-refractivity contribution in [1.82, 2.24) is 5.32 Å². The lowest BCUT2D eigenvalue weighted by Gasteiger charge is -2.41. The predicted octanol–water partition coefficient (Wildman–Crippen LogP) is 10.1. The first-order chi connectivity index (χ1) is 29.5. The fourth-order valence-corrected chi connectivity index (χ4v) is 8.41. The second-order valence-electron chi connectivity index (χ2n) is 17.4. The van der Waals surface area contributed by atoms with Gasteiger partial charge in [0.1, 0.15) is 24.4 Å². The molecule has 7 atom stereocenters.